The van der Waals surface area contributed by atoms with Crippen LogP contribution < -0.4 is 10.1 Å². The lowest BCUT2D eigenvalue weighted by Gasteiger charge is -2.31. The molecule has 0 amide bonds. The number of benzene rings is 1. The molecule has 1 fully saturated rings. The minimum atomic E-state index is 0.120. The topological polar surface area (TPSA) is 45.0 Å². The maximum atomic E-state index is 9.12. The Labute approximate surface area is 113 Å². The minimum Gasteiger partial charge on any atom is -0.487 e. The van der Waals surface area contributed by atoms with E-state index in [0.29, 0.717) is 22.4 Å². The van der Waals surface area contributed by atoms with Gasteiger partial charge in [0.05, 0.1) is 5.02 Å². The van der Waals surface area contributed by atoms with Gasteiger partial charge in [0, 0.05) is 6.04 Å². The Bertz CT molecular complexity index is 456. The molecule has 0 bridgehead atoms. The molecule has 1 aliphatic carbocycles. The summed E-state index contributed by atoms with van der Waals surface area (Å²) in [5, 5.41) is 12.9. The molecule has 2 rings (SSSR count). The summed E-state index contributed by atoms with van der Waals surface area (Å²) in [4.78, 5) is 0. The average molecular weight is 265 g/mol. The molecule has 2 unspecified atom stereocenters. The van der Waals surface area contributed by atoms with Crippen LogP contribution in [0.4, 0.5) is 0 Å². The van der Waals surface area contributed by atoms with Crippen molar-refractivity contribution in [1.82, 2.24) is 5.32 Å². The molecular formula is C14H17ClN2O. The van der Waals surface area contributed by atoms with Gasteiger partial charge in [-0.1, -0.05) is 24.1 Å². The van der Waals surface area contributed by atoms with E-state index in [9.17, 15) is 0 Å². The molecule has 1 aliphatic rings. The van der Waals surface area contributed by atoms with Gasteiger partial charge in [-0.15, -0.1) is 0 Å². The second-order valence-electron chi connectivity index (χ2n) is 4.56. The molecule has 0 spiro atoms. The largest absolute Gasteiger partial charge is 0.487 e. The highest BCUT2D eigenvalue weighted by Gasteiger charge is 2.26. The third-order valence-electron chi connectivity index (χ3n) is 3.44. The highest BCUT2D eigenvalue weighted by atomic mass is 35.5. The lowest BCUT2D eigenvalue weighted by Crippen LogP contribution is -2.43. The van der Waals surface area contributed by atoms with Crippen LogP contribution in [0.15, 0.2) is 18.2 Å². The van der Waals surface area contributed by atoms with Gasteiger partial charge < -0.3 is 10.1 Å². The zero-order chi connectivity index (χ0) is 13.0. The molecule has 18 heavy (non-hydrogen) atoms. The van der Waals surface area contributed by atoms with Crippen molar-refractivity contribution in [3.8, 4) is 11.8 Å². The maximum Gasteiger partial charge on any atom is 0.139 e. The molecule has 0 aromatic heterocycles. The smallest absolute Gasteiger partial charge is 0.139 e. The summed E-state index contributed by atoms with van der Waals surface area (Å²) >= 11 is 6.00. The van der Waals surface area contributed by atoms with E-state index >= 15 is 0 Å². The SMILES string of the molecule is CNC1CCCCC1Oc1cccc(Cl)c1C#N. The summed E-state index contributed by atoms with van der Waals surface area (Å²) in [6.07, 6.45) is 4.65. The van der Waals surface area contributed by atoms with Crippen molar-refractivity contribution in [2.24, 2.45) is 0 Å². The van der Waals surface area contributed by atoms with E-state index in [1.165, 1.54) is 12.8 Å². The number of nitrogens with one attached hydrogen (secondary N) is 1. The number of nitrogens with zero attached hydrogens (tertiary/aromatic N) is 1. The van der Waals surface area contributed by atoms with Gasteiger partial charge in [-0.2, -0.15) is 5.26 Å². The van der Waals surface area contributed by atoms with Crippen LogP contribution in [0.25, 0.3) is 0 Å². The predicted molar refractivity (Wildman–Crippen MR) is 71.9 cm³/mol. The Morgan fingerprint density at radius 1 is 1.39 bits per heavy atom. The van der Waals surface area contributed by atoms with E-state index in [1.54, 1.807) is 6.07 Å². The molecule has 0 heterocycles. The third kappa shape index (κ3) is 2.77. The Hall–Kier alpha value is -1.24. The molecule has 1 saturated carbocycles. The predicted octanol–water partition coefficient (Wildman–Crippen LogP) is 3.12. The molecule has 0 radical (unpaired) electrons. The highest BCUT2D eigenvalue weighted by Crippen LogP contribution is 2.29. The van der Waals surface area contributed by atoms with E-state index in [1.807, 2.05) is 19.2 Å². The van der Waals surface area contributed by atoms with Gasteiger partial charge in [0.2, 0.25) is 0 Å². The highest BCUT2D eigenvalue weighted by molar-refractivity contribution is 6.31. The fraction of sp³-hybridized carbons (Fsp3) is 0.500. The normalized spacial score (nSPS) is 23.4. The lowest BCUT2D eigenvalue weighted by molar-refractivity contribution is 0.117. The van der Waals surface area contributed by atoms with Crippen LogP contribution in [0.2, 0.25) is 5.02 Å². The van der Waals surface area contributed by atoms with Crippen molar-refractivity contribution < 1.29 is 4.74 Å². The first-order valence-electron chi connectivity index (χ1n) is 6.28. The molecule has 1 aromatic carbocycles. The fourth-order valence-corrected chi connectivity index (χ4v) is 2.65. The van der Waals surface area contributed by atoms with Crippen molar-refractivity contribution in [3.05, 3.63) is 28.8 Å². The molecule has 1 N–H and O–H groups in total. The molecule has 0 saturated heterocycles. The van der Waals surface area contributed by atoms with Gasteiger partial charge in [0.15, 0.2) is 0 Å². The van der Waals surface area contributed by atoms with Crippen LogP contribution >= 0.6 is 11.6 Å². The van der Waals surface area contributed by atoms with Crippen LogP contribution in [0.3, 0.4) is 0 Å². The van der Waals surface area contributed by atoms with Crippen molar-refractivity contribution in [2.75, 3.05) is 7.05 Å². The Kier molecular flexibility index (Phi) is 4.46. The minimum absolute atomic E-state index is 0.120. The van der Waals surface area contributed by atoms with Crippen LogP contribution in [0, 0.1) is 11.3 Å². The van der Waals surface area contributed by atoms with Crippen molar-refractivity contribution in [2.45, 2.75) is 37.8 Å². The van der Waals surface area contributed by atoms with Crippen molar-refractivity contribution in [3.63, 3.8) is 0 Å². The summed E-state index contributed by atoms with van der Waals surface area (Å²) in [5.41, 5.74) is 0.430. The lowest BCUT2D eigenvalue weighted by atomic mass is 9.92. The quantitative estimate of drug-likeness (QED) is 0.912. The van der Waals surface area contributed by atoms with Gasteiger partial charge >= 0.3 is 0 Å². The summed E-state index contributed by atoms with van der Waals surface area (Å²) in [7, 11) is 1.95. The van der Waals surface area contributed by atoms with Gasteiger partial charge in [0.1, 0.15) is 23.5 Å². The second-order valence-corrected chi connectivity index (χ2v) is 4.97. The van der Waals surface area contributed by atoms with E-state index in [2.05, 4.69) is 11.4 Å². The Morgan fingerprint density at radius 2 is 2.17 bits per heavy atom. The molecule has 4 heteroatoms. The number of ether oxygens (including phenoxy) is 1. The third-order valence-corrected chi connectivity index (χ3v) is 3.75. The summed E-state index contributed by atoms with van der Waals surface area (Å²) in [6.45, 7) is 0. The van der Waals surface area contributed by atoms with Crippen molar-refractivity contribution >= 4 is 11.6 Å². The zero-order valence-electron chi connectivity index (χ0n) is 10.4. The Morgan fingerprint density at radius 3 is 2.89 bits per heavy atom. The van der Waals surface area contributed by atoms with Crippen LogP contribution in [0.5, 0.6) is 5.75 Å². The molecular weight excluding hydrogens is 248 g/mol. The molecule has 0 aliphatic heterocycles. The first-order chi connectivity index (χ1) is 8.76. The summed E-state index contributed by atoms with van der Waals surface area (Å²) in [5.74, 6) is 0.595. The van der Waals surface area contributed by atoms with Crippen LogP contribution in [-0.2, 0) is 0 Å². The number of rotatable bonds is 3. The fourth-order valence-electron chi connectivity index (χ4n) is 2.44. The molecule has 2 atom stereocenters. The second kappa shape index (κ2) is 6.08. The summed E-state index contributed by atoms with van der Waals surface area (Å²) in [6, 6.07) is 7.80. The molecule has 1 aromatic rings. The van der Waals surface area contributed by atoms with Crippen LogP contribution in [-0.4, -0.2) is 19.2 Å². The molecule has 3 nitrogen and oxygen atoms in total. The van der Waals surface area contributed by atoms with E-state index in [0.717, 1.165) is 12.8 Å². The number of likely N-dealkylation sites (N-methyl/N-ethyl adjacent to an activating group) is 1. The van der Waals surface area contributed by atoms with Gasteiger partial charge in [-0.3, -0.25) is 0 Å². The van der Waals surface area contributed by atoms with Gasteiger partial charge in [-0.25, -0.2) is 0 Å². The number of nitriles is 1. The average Bonchev–Trinajstić information content (AvgIpc) is 2.40. The van der Waals surface area contributed by atoms with E-state index in [-0.39, 0.29) is 6.10 Å². The number of hydrogen-bond acceptors (Lipinski definition) is 3. The van der Waals surface area contributed by atoms with E-state index in [4.69, 9.17) is 21.6 Å². The van der Waals surface area contributed by atoms with Crippen molar-refractivity contribution in [1.29, 1.82) is 5.26 Å². The monoisotopic (exact) mass is 264 g/mol. The number of hydrogen-bond donors (Lipinski definition) is 1. The van der Waals surface area contributed by atoms with Gasteiger partial charge in [0.25, 0.3) is 0 Å². The number of halogens is 1. The summed E-state index contributed by atoms with van der Waals surface area (Å²) < 4.78 is 5.99. The maximum absolute atomic E-state index is 9.12. The zero-order valence-corrected chi connectivity index (χ0v) is 11.2. The Balaban J connectivity index is 2.18. The van der Waals surface area contributed by atoms with E-state index < -0.39 is 0 Å². The van der Waals surface area contributed by atoms with Crippen LogP contribution in [0.1, 0.15) is 31.2 Å². The first kappa shape index (κ1) is 13.2. The van der Waals surface area contributed by atoms with Gasteiger partial charge in [-0.05, 0) is 38.4 Å². The molecule has 96 valence electrons. The standard InChI is InChI=1S/C14H17ClN2O/c1-17-12-6-2-3-7-14(12)18-13-8-4-5-11(15)10(13)9-16/h4-5,8,12,14,17H,2-3,6-7H2,1H3. The first-order valence-corrected chi connectivity index (χ1v) is 6.66.